The number of aryl methyl sites for hydroxylation is 1. The molecule has 2 heterocycles. The van der Waals surface area contributed by atoms with E-state index in [0.717, 1.165) is 16.9 Å². The largest absolute Gasteiger partial charge is 0.496 e. The first-order valence-corrected chi connectivity index (χ1v) is 7.07. The Bertz CT molecular complexity index is 947. The maximum absolute atomic E-state index is 12.6. The lowest BCUT2D eigenvalue weighted by atomic mass is 10.1. The van der Waals surface area contributed by atoms with Crippen molar-refractivity contribution in [1.29, 1.82) is 0 Å². The van der Waals surface area contributed by atoms with Gasteiger partial charge >= 0.3 is 0 Å². The van der Waals surface area contributed by atoms with Crippen molar-refractivity contribution in [2.45, 2.75) is 13.5 Å². The van der Waals surface area contributed by atoms with Crippen molar-refractivity contribution in [2.24, 2.45) is 0 Å². The minimum absolute atomic E-state index is 0.166. The van der Waals surface area contributed by atoms with Crippen molar-refractivity contribution in [2.75, 3.05) is 7.11 Å². The summed E-state index contributed by atoms with van der Waals surface area (Å²) in [4.78, 5) is 31.7. The molecule has 3 aromatic rings. The topological polar surface area (TPSA) is 74.1 Å². The van der Waals surface area contributed by atoms with Gasteiger partial charge < -0.3 is 4.74 Å². The highest BCUT2D eigenvalue weighted by Gasteiger charge is 2.10. The highest BCUT2D eigenvalue weighted by atomic mass is 16.5. The van der Waals surface area contributed by atoms with Crippen LogP contribution in [0.1, 0.15) is 21.6 Å². The average Bonchev–Trinajstić information content (AvgIpc) is 2.58. The van der Waals surface area contributed by atoms with Crippen LogP contribution in [0.15, 0.2) is 41.6 Å². The van der Waals surface area contributed by atoms with Crippen LogP contribution in [0.2, 0.25) is 0 Å². The number of hydrogen-bond donors (Lipinski definition) is 0. The van der Waals surface area contributed by atoms with Crippen molar-refractivity contribution in [3.05, 3.63) is 64.0 Å². The quantitative estimate of drug-likeness (QED) is 0.689. The van der Waals surface area contributed by atoms with Gasteiger partial charge in [-0.05, 0) is 24.6 Å². The summed E-state index contributed by atoms with van der Waals surface area (Å²) in [6, 6.07) is 7.38. The van der Waals surface area contributed by atoms with E-state index in [1.807, 2.05) is 25.1 Å². The number of nitrogens with zero attached hydrogens (tertiary/aromatic N) is 3. The van der Waals surface area contributed by atoms with Gasteiger partial charge in [0.15, 0.2) is 6.29 Å². The monoisotopic (exact) mass is 309 g/mol. The molecule has 0 saturated carbocycles. The molecule has 6 heteroatoms. The van der Waals surface area contributed by atoms with Gasteiger partial charge in [-0.15, -0.1) is 0 Å². The molecular formula is C17H15N3O3. The normalized spacial score (nSPS) is 10.7. The Hall–Kier alpha value is -3.02. The first-order valence-electron chi connectivity index (χ1n) is 7.07. The molecule has 0 aliphatic carbocycles. The first kappa shape index (κ1) is 14.9. The third kappa shape index (κ3) is 2.70. The van der Waals surface area contributed by atoms with Crippen molar-refractivity contribution in [3.63, 3.8) is 0 Å². The Morgan fingerprint density at radius 1 is 1.26 bits per heavy atom. The highest BCUT2D eigenvalue weighted by Crippen LogP contribution is 2.20. The standard InChI is InChI=1S/C17H15N3O3/c1-11-3-4-12(15(7-11)23-2)8-20-10-19-16-13(17(20)22)5-6-18-14(16)9-21/h3-7,9-10H,8H2,1-2H3. The molecule has 0 radical (unpaired) electrons. The maximum Gasteiger partial charge on any atom is 0.261 e. The van der Waals surface area contributed by atoms with Gasteiger partial charge in [-0.1, -0.05) is 12.1 Å². The number of benzene rings is 1. The number of hydrogen-bond acceptors (Lipinski definition) is 5. The second-order valence-electron chi connectivity index (χ2n) is 5.20. The lowest BCUT2D eigenvalue weighted by Crippen LogP contribution is -2.22. The summed E-state index contributed by atoms with van der Waals surface area (Å²) < 4.78 is 6.86. The zero-order valence-electron chi connectivity index (χ0n) is 12.8. The fourth-order valence-electron chi connectivity index (χ4n) is 2.48. The predicted molar refractivity (Wildman–Crippen MR) is 86.0 cm³/mol. The van der Waals surface area contributed by atoms with Crippen LogP contribution < -0.4 is 10.3 Å². The van der Waals surface area contributed by atoms with E-state index in [9.17, 15) is 9.59 Å². The summed E-state index contributed by atoms with van der Waals surface area (Å²) in [6.45, 7) is 2.31. The van der Waals surface area contributed by atoms with Crippen LogP contribution in [0.4, 0.5) is 0 Å². The van der Waals surface area contributed by atoms with Gasteiger partial charge in [0.1, 0.15) is 17.0 Å². The van der Waals surface area contributed by atoms with Crippen LogP contribution in [0.25, 0.3) is 10.9 Å². The number of ether oxygens (including phenoxy) is 1. The number of carbonyl (C=O) groups excluding carboxylic acids is 1. The number of rotatable bonds is 4. The summed E-state index contributed by atoms with van der Waals surface area (Å²) >= 11 is 0. The van der Waals surface area contributed by atoms with Crippen LogP contribution >= 0.6 is 0 Å². The van der Waals surface area contributed by atoms with Crippen LogP contribution in [-0.2, 0) is 6.54 Å². The molecule has 6 nitrogen and oxygen atoms in total. The first-order chi connectivity index (χ1) is 11.1. The molecule has 3 rings (SSSR count). The fourth-order valence-corrected chi connectivity index (χ4v) is 2.48. The van der Waals surface area contributed by atoms with Gasteiger partial charge in [0, 0.05) is 11.8 Å². The Morgan fingerprint density at radius 3 is 2.83 bits per heavy atom. The summed E-state index contributed by atoms with van der Waals surface area (Å²) in [7, 11) is 1.60. The van der Waals surface area contributed by atoms with Gasteiger partial charge in [-0.2, -0.15) is 0 Å². The Morgan fingerprint density at radius 2 is 2.09 bits per heavy atom. The minimum atomic E-state index is -0.219. The van der Waals surface area contributed by atoms with E-state index in [0.29, 0.717) is 23.7 Å². The van der Waals surface area contributed by atoms with Crippen LogP contribution in [0, 0.1) is 6.92 Å². The molecule has 0 aliphatic heterocycles. The third-order valence-corrected chi connectivity index (χ3v) is 3.66. The number of methoxy groups -OCH3 is 1. The number of fused-ring (bicyclic) bond motifs is 1. The van der Waals surface area contributed by atoms with Crippen molar-refractivity contribution >= 4 is 17.2 Å². The summed E-state index contributed by atoms with van der Waals surface area (Å²) in [6.07, 6.45) is 3.46. The van der Waals surface area contributed by atoms with Gasteiger partial charge in [0.25, 0.3) is 5.56 Å². The van der Waals surface area contributed by atoms with E-state index in [-0.39, 0.29) is 11.3 Å². The SMILES string of the molecule is COc1cc(C)ccc1Cn1cnc2c(C=O)nccc2c1=O. The summed E-state index contributed by atoms with van der Waals surface area (Å²) in [5, 5.41) is 0.371. The van der Waals surface area contributed by atoms with E-state index in [1.54, 1.807) is 13.2 Å². The Balaban J connectivity index is 2.10. The predicted octanol–water partition coefficient (Wildman–Crippen LogP) is 1.97. The Labute approximate surface area is 132 Å². The average molecular weight is 309 g/mol. The molecule has 0 saturated heterocycles. The molecule has 0 unspecified atom stereocenters. The van der Waals surface area contributed by atoms with E-state index in [1.165, 1.54) is 17.1 Å². The molecule has 0 N–H and O–H groups in total. The third-order valence-electron chi connectivity index (χ3n) is 3.66. The summed E-state index contributed by atoms with van der Waals surface area (Å²) in [5.74, 6) is 0.723. The molecule has 0 spiro atoms. The van der Waals surface area contributed by atoms with Crippen LogP contribution in [0.3, 0.4) is 0 Å². The maximum atomic E-state index is 12.6. The van der Waals surface area contributed by atoms with Gasteiger partial charge in [-0.3, -0.25) is 19.1 Å². The molecule has 0 aliphatic rings. The molecule has 1 aromatic carbocycles. The highest BCUT2D eigenvalue weighted by molar-refractivity contribution is 5.92. The number of carbonyl (C=O) groups is 1. The van der Waals surface area contributed by atoms with E-state index >= 15 is 0 Å². The van der Waals surface area contributed by atoms with Crippen molar-refractivity contribution < 1.29 is 9.53 Å². The second kappa shape index (κ2) is 6.00. The van der Waals surface area contributed by atoms with E-state index in [2.05, 4.69) is 9.97 Å². The van der Waals surface area contributed by atoms with Crippen molar-refractivity contribution in [1.82, 2.24) is 14.5 Å². The molecule has 0 amide bonds. The number of pyridine rings is 1. The molecule has 23 heavy (non-hydrogen) atoms. The molecule has 116 valence electrons. The molecule has 2 aromatic heterocycles. The van der Waals surface area contributed by atoms with Gasteiger partial charge in [-0.25, -0.2) is 4.98 Å². The number of aromatic nitrogens is 3. The molecular weight excluding hydrogens is 294 g/mol. The second-order valence-corrected chi connectivity index (χ2v) is 5.20. The molecule has 0 fully saturated rings. The summed E-state index contributed by atoms with van der Waals surface area (Å²) in [5.41, 5.74) is 2.23. The van der Waals surface area contributed by atoms with E-state index < -0.39 is 0 Å². The zero-order chi connectivity index (χ0) is 16.4. The van der Waals surface area contributed by atoms with Crippen LogP contribution in [0.5, 0.6) is 5.75 Å². The van der Waals surface area contributed by atoms with Gasteiger partial charge in [0.05, 0.1) is 25.4 Å². The Kier molecular flexibility index (Phi) is 3.89. The minimum Gasteiger partial charge on any atom is -0.496 e. The smallest absolute Gasteiger partial charge is 0.261 e. The lowest BCUT2D eigenvalue weighted by molar-refractivity contribution is 0.112. The fraction of sp³-hybridized carbons (Fsp3) is 0.176. The molecule has 0 atom stereocenters. The lowest BCUT2D eigenvalue weighted by Gasteiger charge is -2.11. The number of aldehydes is 1. The molecule has 0 bridgehead atoms. The van der Waals surface area contributed by atoms with Gasteiger partial charge in [0.2, 0.25) is 0 Å². The van der Waals surface area contributed by atoms with Crippen LogP contribution in [-0.4, -0.2) is 27.9 Å². The van der Waals surface area contributed by atoms with Crippen molar-refractivity contribution in [3.8, 4) is 5.75 Å². The van der Waals surface area contributed by atoms with E-state index in [4.69, 9.17) is 4.74 Å². The zero-order valence-corrected chi connectivity index (χ0v) is 12.8.